The summed E-state index contributed by atoms with van der Waals surface area (Å²) in [6, 6.07) is 0. The van der Waals surface area contributed by atoms with Crippen LogP contribution in [0, 0.1) is 0 Å². The van der Waals surface area contributed by atoms with Crippen LogP contribution in [-0.2, 0) is 4.79 Å². The van der Waals surface area contributed by atoms with Crippen molar-refractivity contribution in [1.82, 2.24) is 4.90 Å². The van der Waals surface area contributed by atoms with Crippen molar-refractivity contribution in [2.24, 2.45) is 0 Å². The van der Waals surface area contributed by atoms with Gasteiger partial charge in [0.15, 0.2) is 0 Å². The van der Waals surface area contributed by atoms with E-state index in [1.807, 2.05) is 11.8 Å². The highest BCUT2D eigenvalue weighted by atomic mass is 16.4. The standard InChI is InChI=1S/C7H11NO2/c1-5(7(9)10)6(2)8-3-4-8/h3-4H2,1-2H3,(H,9,10). The minimum atomic E-state index is -0.815. The second kappa shape index (κ2) is 2.33. The van der Waals surface area contributed by atoms with Crippen molar-refractivity contribution in [2.45, 2.75) is 13.8 Å². The Balaban J connectivity index is 2.71. The molecule has 1 N–H and O–H groups in total. The molecule has 1 aliphatic rings. The van der Waals surface area contributed by atoms with E-state index < -0.39 is 5.97 Å². The van der Waals surface area contributed by atoms with Crippen molar-refractivity contribution >= 4 is 5.97 Å². The molecule has 10 heavy (non-hydrogen) atoms. The van der Waals surface area contributed by atoms with Crippen molar-refractivity contribution in [3.05, 3.63) is 11.3 Å². The normalized spacial score (nSPS) is 18.4. The molecule has 0 saturated carbocycles. The van der Waals surface area contributed by atoms with Crippen LogP contribution < -0.4 is 0 Å². The highest BCUT2D eigenvalue weighted by Crippen LogP contribution is 2.16. The van der Waals surface area contributed by atoms with Gasteiger partial charge in [0.2, 0.25) is 0 Å². The van der Waals surface area contributed by atoms with E-state index in [-0.39, 0.29) is 0 Å². The highest BCUT2D eigenvalue weighted by molar-refractivity contribution is 5.86. The molecule has 1 heterocycles. The van der Waals surface area contributed by atoms with Gasteiger partial charge >= 0.3 is 5.97 Å². The Labute approximate surface area is 59.9 Å². The first-order valence-electron chi connectivity index (χ1n) is 3.28. The molecule has 1 aliphatic heterocycles. The molecule has 0 aromatic heterocycles. The molecule has 0 spiro atoms. The summed E-state index contributed by atoms with van der Waals surface area (Å²) in [7, 11) is 0. The predicted molar refractivity (Wildman–Crippen MR) is 37.6 cm³/mol. The van der Waals surface area contributed by atoms with Crippen molar-refractivity contribution in [2.75, 3.05) is 13.1 Å². The van der Waals surface area contributed by atoms with Crippen LogP contribution in [-0.4, -0.2) is 29.1 Å². The molecule has 0 amide bonds. The average Bonchev–Trinajstić information content (AvgIpc) is 2.65. The quantitative estimate of drug-likeness (QED) is 0.454. The zero-order valence-corrected chi connectivity index (χ0v) is 6.22. The van der Waals surface area contributed by atoms with Gasteiger partial charge in [-0.25, -0.2) is 4.79 Å². The summed E-state index contributed by atoms with van der Waals surface area (Å²) < 4.78 is 0. The van der Waals surface area contributed by atoms with E-state index in [1.165, 1.54) is 0 Å². The molecule has 0 atom stereocenters. The smallest absolute Gasteiger partial charge is 0.333 e. The first-order valence-corrected chi connectivity index (χ1v) is 3.28. The fourth-order valence-corrected chi connectivity index (χ4v) is 0.777. The minimum Gasteiger partial charge on any atom is -0.478 e. The first kappa shape index (κ1) is 7.12. The molecule has 1 saturated heterocycles. The van der Waals surface area contributed by atoms with E-state index in [9.17, 15) is 4.79 Å². The van der Waals surface area contributed by atoms with Crippen LogP contribution in [0.25, 0.3) is 0 Å². The van der Waals surface area contributed by atoms with Crippen molar-refractivity contribution < 1.29 is 9.90 Å². The monoisotopic (exact) mass is 141 g/mol. The number of hydrogen-bond donors (Lipinski definition) is 1. The van der Waals surface area contributed by atoms with Crippen LogP contribution in [0.4, 0.5) is 0 Å². The van der Waals surface area contributed by atoms with Gasteiger partial charge in [0, 0.05) is 18.8 Å². The Bertz CT molecular complexity index is 192. The molecule has 1 fully saturated rings. The lowest BCUT2D eigenvalue weighted by Crippen LogP contribution is -2.04. The van der Waals surface area contributed by atoms with E-state index >= 15 is 0 Å². The molecule has 0 bridgehead atoms. The maximum Gasteiger partial charge on any atom is 0.333 e. The molecular formula is C7H11NO2. The Morgan fingerprint density at radius 3 is 2.20 bits per heavy atom. The Morgan fingerprint density at radius 1 is 1.40 bits per heavy atom. The predicted octanol–water partition coefficient (Wildman–Crippen LogP) is 0.680. The van der Waals surface area contributed by atoms with Gasteiger partial charge in [0.25, 0.3) is 0 Å². The summed E-state index contributed by atoms with van der Waals surface area (Å²) in [5.41, 5.74) is 1.35. The average molecular weight is 141 g/mol. The second-order valence-electron chi connectivity index (χ2n) is 2.50. The molecule has 56 valence electrons. The number of allylic oxidation sites excluding steroid dienone is 1. The number of carboxylic acid groups (broad SMARTS) is 1. The maximum absolute atomic E-state index is 10.4. The van der Waals surface area contributed by atoms with Crippen molar-refractivity contribution in [3.63, 3.8) is 0 Å². The summed E-state index contributed by atoms with van der Waals surface area (Å²) in [5, 5.41) is 8.54. The van der Waals surface area contributed by atoms with E-state index in [2.05, 4.69) is 0 Å². The lowest BCUT2D eigenvalue weighted by molar-refractivity contribution is -0.132. The number of rotatable bonds is 2. The number of hydrogen-bond acceptors (Lipinski definition) is 2. The van der Waals surface area contributed by atoms with E-state index in [0.29, 0.717) is 5.57 Å². The summed E-state index contributed by atoms with van der Waals surface area (Å²) in [6.45, 7) is 5.50. The third-order valence-electron chi connectivity index (χ3n) is 1.79. The molecule has 0 aromatic carbocycles. The molecular weight excluding hydrogens is 130 g/mol. The van der Waals surface area contributed by atoms with E-state index in [4.69, 9.17) is 5.11 Å². The van der Waals surface area contributed by atoms with E-state index in [0.717, 1.165) is 18.8 Å². The fourth-order valence-electron chi connectivity index (χ4n) is 0.777. The molecule has 0 aromatic rings. The number of carbonyl (C=O) groups is 1. The summed E-state index contributed by atoms with van der Waals surface area (Å²) in [4.78, 5) is 12.4. The van der Waals surface area contributed by atoms with Gasteiger partial charge in [-0.1, -0.05) is 0 Å². The van der Waals surface area contributed by atoms with Gasteiger partial charge in [-0.2, -0.15) is 0 Å². The minimum absolute atomic E-state index is 0.456. The first-order chi connectivity index (χ1) is 4.63. The topological polar surface area (TPSA) is 40.3 Å². The molecule has 3 heteroatoms. The molecule has 1 rings (SSSR count). The molecule has 0 aliphatic carbocycles. The molecule has 3 nitrogen and oxygen atoms in total. The largest absolute Gasteiger partial charge is 0.478 e. The zero-order valence-electron chi connectivity index (χ0n) is 6.22. The van der Waals surface area contributed by atoms with Crippen LogP contribution in [0.15, 0.2) is 11.3 Å². The van der Waals surface area contributed by atoms with Gasteiger partial charge in [-0.15, -0.1) is 0 Å². The number of aliphatic carboxylic acids is 1. The second-order valence-corrected chi connectivity index (χ2v) is 2.50. The summed E-state index contributed by atoms with van der Waals surface area (Å²) in [6.07, 6.45) is 0. The van der Waals surface area contributed by atoms with Gasteiger partial charge < -0.3 is 10.0 Å². The third kappa shape index (κ3) is 1.29. The van der Waals surface area contributed by atoms with E-state index in [1.54, 1.807) is 6.92 Å². The highest BCUT2D eigenvalue weighted by Gasteiger charge is 2.20. The lowest BCUT2D eigenvalue weighted by atomic mass is 10.2. The van der Waals surface area contributed by atoms with Crippen LogP contribution >= 0.6 is 0 Å². The SMILES string of the molecule is CC(C(=O)O)=C(C)N1CC1. The van der Waals surface area contributed by atoms with Crippen molar-refractivity contribution in [1.29, 1.82) is 0 Å². The van der Waals surface area contributed by atoms with Crippen LogP contribution in [0.2, 0.25) is 0 Å². The number of nitrogens with zero attached hydrogens (tertiary/aromatic N) is 1. The Kier molecular flexibility index (Phi) is 1.66. The van der Waals surface area contributed by atoms with Gasteiger partial charge in [-0.3, -0.25) is 0 Å². The molecule has 0 radical (unpaired) electrons. The van der Waals surface area contributed by atoms with Crippen LogP contribution in [0.3, 0.4) is 0 Å². The summed E-state index contributed by atoms with van der Waals surface area (Å²) in [5.74, 6) is -0.815. The van der Waals surface area contributed by atoms with Crippen molar-refractivity contribution in [3.8, 4) is 0 Å². The van der Waals surface area contributed by atoms with Gasteiger partial charge in [0.05, 0.1) is 5.57 Å². The third-order valence-corrected chi connectivity index (χ3v) is 1.79. The van der Waals surface area contributed by atoms with Gasteiger partial charge in [0.1, 0.15) is 0 Å². The maximum atomic E-state index is 10.4. The Hall–Kier alpha value is -0.990. The fraction of sp³-hybridized carbons (Fsp3) is 0.571. The van der Waals surface area contributed by atoms with Crippen LogP contribution in [0.1, 0.15) is 13.8 Å². The molecule has 0 unspecified atom stereocenters. The lowest BCUT2D eigenvalue weighted by Gasteiger charge is -2.03. The van der Waals surface area contributed by atoms with Gasteiger partial charge in [-0.05, 0) is 13.8 Å². The zero-order chi connectivity index (χ0) is 7.72. The number of carboxylic acids is 1. The summed E-state index contributed by atoms with van der Waals surface area (Å²) >= 11 is 0. The Morgan fingerprint density at radius 2 is 1.90 bits per heavy atom. The van der Waals surface area contributed by atoms with Crippen LogP contribution in [0.5, 0.6) is 0 Å².